The van der Waals surface area contributed by atoms with E-state index >= 15 is 0 Å². The lowest BCUT2D eigenvalue weighted by Crippen LogP contribution is -2.30. The molecule has 0 spiro atoms. The van der Waals surface area contributed by atoms with Gasteiger partial charge in [0.15, 0.2) is 5.69 Å². The summed E-state index contributed by atoms with van der Waals surface area (Å²) >= 11 is 6.13. The molecule has 0 radical (unpaired) electrons. The standard InChI is InChI=1S/C18H23ClN4O/c1-5-23(6-2)18-20-11-15(19)16(22-18)17(24)21-13(4)14-9-7-12(3)8-10-14/h7-11,13H,5-6H2,1-4H3,(H,21,24). The molecule has 1 atom stereocenters. The molecule has 0 saturated heterocycles. The summed E-state index contributed by atoms with van der Waals surface area (Å²) < 4.78 is 0. The number of benzene rings is 1. The lowest BCUT2D eigenvalue weighted by Gasteiger charge is -2.19. The Morgan fingerprint density at radius 2 is 1.88 bits per heavy atom. The number of hydrogen-bond donors (Lipinski definition) is 1. The monoisotopic (exact) mass is 346 g/mol. The maximum Gasteiger partial charge on any atom is 0.272 e. The molecule has 24 heavy (non-hydrogen) atoms. The van der Waals surface area contributed by atoms with Gasteiger partial charge in [0.25, 0.3) is 5.91 Å². The van der Waals surface area contributed by atoms with Crippen LogP contribution in [0.1, 0.15) is 48.4 Å². The van der Waals surface area contributed by atoms with Gasteiger partial charge in [-0.05, 0) is 33.3 Å². The van der Waals surface area contributed by atoms with Crippen LogP contribution in [0.25, 0.3) is 0 Å². The average Bonchev–Trinajstić information content (AvgIpc) is 2.57. The second-order valence-electron chi connectivity index (χ2n) is 5.64. The molecule has 1 N–H and O–H groups in total. The van der Waals surface area contributed by atoms with Gasteiger partial charge in [0.1, 0.15) is 0 Å². The number of aromatic nitrogens is 2. The van der Waals surface area contributed by atoms with Crippen molar-refractivity contribution in [2.24, 2.45) is 0 Å². The molecule has 0 aliphatic heterocycles. The number of amides is 1. The average molecular weight is 347 g/mol. The zero-order valence-electron chi connectivity index (χ0n) is 14.5. The fourth-order valence-corrected chi connectivity index (χ4v) is 2.56. The van der Waals surface area contributed by atoms with Gasteiger partial charge in [-0.25, -0.2) is 9.97 Å². The van der Waals surface area contributed by atoms with Crippen LogP contribution in [0.15, 0.2) is 30.5 Å². The number of halogens is 1. The first-order valence-electron chi connectivity index (χ1n) is 8.11. The van der Waals surface area contributed by atoms with Crippen LogP contribution in [0.2, 0.25) is 5.02 Å². The third-order valence-electron chi connectivity index (χ3n) is 3.92. The lowest BCUT2D eigenvalue weighted by atomic mass is 10.1. The van der Waals surface area contributed by atoms with E-state index in [4.69, 9.17) is 11.6 Å². The number of aryl methyl sites for hydroxylation is 1. The maximum atomic E-state index is 12.6. The van der Waals surface area contributed by atoms with Crippen molar-refractivity contribution in [2.45, 2.75) is 33.7 Å². The van der Waals surface area contributed by atoms with Gasteiger partial charge in [-0.2, -0.15) is 0 Å². The summed E-state index contributed by atoms with van der Waals surface area (Å²) in [5, 5.41) is 3.19. The molecule has 1 unspecified atom stereocenters. The molecule has 128 valence electrons. The van der Waals surface area contributed by atoms with Gasteiger partial charge < -0.3 is 10.2 Å². The normalized spacial score (nSPS) is 11.9. The van der Waals surface area contributed by atoms with Crippen LogP contribution in [0.3, 0.4) is 0 Å². The van der Waals surface area contributed by atoms with E-state index in [-0.39, 0.29) is 22.7 Å². The van der Waals surface area contributed by atoms with Crippen LogP contribution >= 0.6 is 11.6 Å². The Balaban J connectivity index is 2.19. The first kappa shape index (κ1) is 18.2. The van der Waals surface area contributed by atoms with Gasteiger partial charge >= 0.3 is 0 Å². The third-order valence-corrected chi connectivity index (χ3v) is 4.19. The van der Waals surface area contributed by atoms with E-state index in [0.717, 1.165) is 18.7 Å². The van der Waals surface area contributed by atoms with Crippen LogP contribution in [0, 0.1) is 6.92 Å². The van der Waals surface area contributed by atoms with Crippen molar-refractivity contribution in [2.75, 3.05) is 18.0 Å². The predicted octanol–water partition coefficient (Wildman–Crippen LogP) is 3.78. The number of nitrogens with one attached hydrogen (secondary N) is 1. The van der Waals surface area contributed by atoms with Crippen LogP contribution in [-0.4, -0.2) is 29.0 Å². The molecule has 0 saturated carbocycles. The number of hydrogen-bond acceptors (Lipinski definition) is 4. The highest BCUT2D eigenvalue weighted by atomic mass is 35.5. The Labute approximate surface area is 148 Å². The molecule has 2 aromatic rings. The third kappa shape index (κ3) is 4.23. The SMILES string of the molecule is CCN(CC)c1ncc(Cl)c(C(=O)NC(C)c2ccc(C)cc2)n1. The van der Waals surface area contributed by atoms with Gasteiger partial charge in [-0.3, -0.25) is 4.79 Å². The van der Waals surface area contributed by atoms with Gasteiger partial charge in [0.2, 0.25) is 5.95 Å². The first-order chi connectivity index (χ1) is 11.5. The Morgan fingerprint density at radius 1 is 1.25 bits per heavy atom. The molecule has 1 heterocycles. The zero-order valence-corrected chi connectivity index (χ0v) is 15.3. The van der Waals surface area contributed by atoms with Crippen LogP contribution in [0.5, 0.6) is 0 Å². The van der Waals surface area contributed by atoms with E-state index in [1.807, 2.05) is 56.9 Å². The second kappa shape index (κ2) is 8.11. The van der Waals surface area contributed by atoms with E-state index in [1.54, 1.807) is 0 Å². The molecule has 0 bridgehead atoms. The number of carbonyl (C=O) groups is 1. The lowest BCUT2D eigenvalue weighted by molar-refractivity contribution is 0.0935. The van der Waals surface area contributed by atoms with E-state index in [0.29, 0.717) is 5.95 Å². The molecule has 0 aliphatic carbocycles. The highest BCUT2D eigenvalue weighted by Gasteiger charge is 2.18. The summed E-state index contributed by atoms with van der Waals surface area (Å²) in [4.78, 5) is 23.1. The van der Waals surface area contributed by atoms with Gasteiger partial charge in [-0.1, -0.05) is 41.4 Å². The Hall–Kier alpha value is -2.14. The molecule has 0 aliphatic rings. The first-order valence-corrected chi connectivity index (χ1v) is 8.49. The van der Waals surface area contributed by atoms with E-state index < -0.39 is 0 Å². The number of anilines is 1. The predicted molar refractivity (Wildman–Crippen MR) is 97.7 cm³/mol. The van der Waals surface area contributed by atoms with E-state index in [9.17, 15) is 4.79 Å². The summed E-state index contributed by atoms with van der Waals surface area (Å²) in [6.07, 6.45) is 1.48. The highest BCUT2D eigenvalue weighted by Crippen LogP contribution is 2.19. The van der Waals surface area contributed by atoms with Crippen LogP contribution < -0.4 is 10.2 Å². The van der Waals surface area contributed by atoms with Crippen molar-refractivity contribution in [1.82, 2.24) is 15.3 Å². The maximum absolute atomic E-state index is 12.6. The van der Waals surface area contributed by atoms with E-state index in [1.165, 1.54) is 11.8 Å². The Kier molecular flexibility index (Phi) is 6.15. The van der Waals surface area contributed by atoms with Gasteiger partial charge in [0.05, 0.1) is 17.3 Å². The minimum absolute atomic E-state index is 0.138. The van der Waals surface area contributed by atoms with Crippen molar-refractivity contribution in [3.63, 3.8) is 0 Å². The minimum Gasteiger partial charge on any atom is -0.344 e. The molecule has 5 nitrogen and oxygen atoms in total. The molecular formula is C18H23ClN4O. The number of nitrogens with zero attached hydrogens (tertiary/aromatic N) is 3. The summed E-state index contributed by atoms with van der Waals surface area (Å²) in [5.74, 6) is 0.210. The van der Waals surface area contributed by atoms with Crippen molar-refractivity contribution in [3.8, 4) is 0 Å². The molecule has 1 aromatic carbocycles. The van der Waals surface area contributed by atoms with E-state index in [2.05, 4.69) is 15.3 Å². The van der Waals surface area contributed by atoms with Gasteiger partial charge in [-0.15, -0.1) is 0 Å². The quantitative estimate of drug-likeness (QED) is 0.864. The largest absolute Gasteiger partial charge is 0.344 e. The second-order valence-corrected chi connectivity index (χ2v) is 6.05. The summed E-state index contributed by atoms with van der Waals surface area (Å²) in [5.41, 5.74) is 2.41. The van der Waals surface area contributed by atoms with Crippen LogP contribution in [-0.2, 0) is 0 Å². The minimum atomic E-state index is -0.302. The summed E-state index contributed by atoms with van der Waals surface area (Å²) in [6, 6.07) is 7.91. The smallest absolute Gasteiger partial charge is 0.272 e. The fourth-order valence-electron chi connectivity index (χ4n) is 2.38. The number of rotatable bonds is 6. The highest BCUT2D eigenvalue weighted by molar-refractivity contribution is 6.33. The van der Waals surface area contributed by atoms with Crippen molar-refractivity contribution >= 4 is 23.5 Å². The summed E-state index contributed by atoms with van der Waals surface area (Å²) in [6.45, 7) is 9.52. The molecule has 0 fully saturated rings. The Morgan fingerprint density at radius 3 is 2.46 bits per heavy atom. The summed E-state index contributed by atoms with van der Waals surface area (Å²) in [7, 11) is 0. The fraction of sp³-hybridized carbons (Fsp3) is 0.389. The molecular weight excluding hydrogens is 324 g/mol. The zero-order chi connectivity index (χ0) is 17.7. The van der Waals surface area contributed by atoms with Crippen molar-refractivity contribution in [1.29, 1.82) is 0 Å². The van der Waals surface area contributed by atoms with Crippen molar-refractivity contribution < 1.29 is 4.79 Å². The van der Waals surface area contributed by atoms with Gasteiger partial charge in [0, 0.05) is 13.1 Å². The van der Waals surface area contributed by atoms with Crippen LogP contribution in [0.4, 0.5) is 5.95 Å². The molecule has 1 aromatic heterocycles. The number of carbonyl (C=O) groups excluding carboxylic acids is 1. The van der Waals surface area contributed by atoms with Crippen molar-refractivity contribution in [3.05, 3.63) is 52.3 Å². The topological polar surface area (TPSA) is 58.1 Å². The molecule has 6 heteroatoms. The molecule has 2 rings (SSSR count). The Bertz CT molecular complexity index is 699. The molecule has 1 amide bonds.